The molecular formula is C12H15N3O. The van der Waals surface area contributed by atoms with Gasteiger partial charge in [-0.1, -0.05) is 12.1 Å². The van der Waals surface area contributed by atoms with Crippen molar-refractivity contribution in [2.24, 2.45) is 0 Å². The number of nitrogens with one attached hydrogen (secondary N) is 1. The van der Waals surface area contributed by atoms with Crippen molar-refractivity contribution in [1.29, 1.82) is 0 Å². The zero-order valence-corrected chi connectivity index (χ0v) is 9.66. The van der Waals surface area contributed by atoms with Crippen molar-refractivity contribution in [3.8, 4) is 16.9 Å². The van der Waals surface area contributed by atoms with Gasteiger partial charge in [0.05, 0.1) is 13.3 Å². The second-order valence-corrected chi connectivity index (χ2v) is 3.80. The Morgan fingerprint density at radius 2 is 1.94 bits per heavy atom. The van der Waals surface area contributed by atoms with Crippen LogP contribution in [-0.2, 0) is 0 Å². The highest BCUT2D eigenvalue weighted by molar-refractivity contribution is 5.81. The lowest BCUT2D eigenvalue weighted by molar-refractivity contribution is 0.413. The van der Waals surface area contributed by atoms with E-state index >= 15 is 0 Å². The van der Waals surface area contributed by atoms with E-state index in [1.165, 1.54) is 0 Å². The fourth-order valence-corrected chi connectivity index (χ4v) is 1.88. The first kappa shape index (κ1) is 10.5. The molecule has 0 fully saturated rings. The van der Waals surface area contributed by atoms with Gasteiger partial charge in [-0.3, -0.25) is 5.10 Å². The van der Waals surface area contributed by atoms with Gasteiger partial charge in [0.1, 0.15) is 11.6 Å². The first-order valence-electron chi connectivity index (χ1n) is 5.08. The first-order chi connectivity index (χ1) is 7.65. The Morgan fingerprint density at radius 3 is 2.50 bits per heavy atom. The van der Waals surface area contributed by atoms with E-state index in [0.717, 1.165) is 28.0 Å². The van der Waals surface area contributed by atoms with Gasteiger partial charge in [-0.15, -0.1) is 0 Å². The highest BCUT2D eigenvalue weighted by atomic mass is 16.5. The van der Waals surface area contributed by atoms with E-state index in [4.69, 9.17) is 10.5 Å². The SMILES string of the molecule is COc1c(C)ccc(C)c1-c1cn[nH]c1N. The van der Waals surface area contributed by atoms with Crippen molar-refractivity contribution in [2.75, 3.05) is 12.8 Å². The van der Waals surface area contributed by atoms with Gasteiger partial charge < -0.3 is 10.5 Å². The summed E-state index contributed by atoms with van der Waals surface area (Å²) >= 11 is 0. The minimum absolute atomic E-state index is 0.562. The monoisotopic (exact) mass is 217 g/mol. The van der Waals surface area contributed by atoms with Crippen molar-refractivity contribution in [3.63, 3.8) is 0 Å². The summed E-state index contributed by atoms with van der Waals surface area (Å²) in [6, 6.07) is 4.09. The van der Waals surface area contributed by atoms with Gasteiger partial charge in [0.25, 0.3) is 0 Å². The van der Waals surface area contributed by atoms with Crippen LogP contribution in [-0.4, -0.2) is 17.3 Å². The summed E-state index contributed by atoms with van der Waals surface area (Å²) in [5.74, 6) is 1.42. The molecule has 1 aromatic heterocycles. The molecule has 0 atom stereocenters. The highest BCUT2D eigenvalue weighted by Crippen LogP contribution is 2.37. The van der Waals surface area contributed by atoms with Crippen LogP contribution < -0.4 is 10.5 Å². The topological polar surface area (TPSA) is 63.9 Å². The van der Waals surface area contributed by atoms with Gasteiger partial charge in [-0.05, 0) is 25.0 Å². The third-order valence-corrected chi connectivity index (χ3v) is 2.71. The Bertz CT molecular complexity index is 517. The third kappa shape index (κ3) is 1.52. The van der Waals surface area contributed by atoms with Crippen LogP contribution in [0.2, 0.25) is 0 Å². The van der Waals surface area contributed by atoms with E-state index in [9.17, 15) is 0 Å². The Kier molecular flexibility index (Phi) is 2.56. The molecule has 0 aliphatic carbocycles. The van der Waals surface area contributed by atoms with E-state index in [0.29, 0.717) is 5.82 Å². The molecule has 2 rings (SSSR count). The summed E-state index contributed by atoms with van der Waals surface area (Å²) in [6.45, 7) is 4.04. The molecule has 1 heterocycles. The van der Waals surface area contributed by atoms with Crippen LogP contribution in [0.25, 0.3) is 11.1 Å². The second-order valence-electron chi connectivity index (χ2n) is 3.80. The molecule has 4 heteroatoms. The van der Waals surface area contributed by atoms with E-state index in [1.807, 2.05) is 19.9 Å². The summed E-state index contributed by atoms with van der Waals surface area (Å²) in [5.41, 5.74) is 9.94. The number of anilines is 1. The normalized spacial score (nSPS) is 10.4. The van der Waals surface area contributed by atoms with E-state index < -0.39 is 0 Å². The fraction of sp³-hybridized carbons (Fsp3) is 0.250. The molecule has 0 aliphatic rings. The highest BCUT2D eigenvalue weighted by Gasteiger charge is 2.15. The van der Waals surface area contributed by atoms with Crippen molar-refractivity contribution in [2.45, 2.75) is 13.8 Å². The number of benzene rings is 1. The average Bonchev–Trinajstić information content (AvgIpc) is 2.67. The van der Waals surface area contributed by atoms with Crippen LogP contribution in [0, 0.1) is 13.8 Å². The molecule has 3 N–H and O–H groups in total. The van der Waals surface area contributed by atoms with Crippen LogP contribution in [0.3, 0.4) is 0 Å². The standard InChI is InChI=1S/C12H15N3O/c1-7-4-5-8(2)11(16-3)10(7)9-6-14-15-12(9)13/h4-6H,1-3H3,(H3,13,14,15). The van der Waals surface area contributed by atoms with Gasteiger partial charge in [-0.25, -0.2) is 0 Å². The number of ether oxygens (including phenoxy) is 1. The number of nitrogens with two attached hydrogens (primary N) is 1. The van der Waals surface area contributed by atoms with E-state index in [2.05, 4.69) is 16.3 Å². The predicted octanol–water partition coefficient (Wildman–Crippen LogP) is 2.28. The largest absolute Gasteiger partial charge is 0.496 e. The average molecular weight is 217 g/mol. The van der Waals surface area contributed by atoms with Crippen molar-refractivity contribution in [3.05, 3.63) is 29.5 Å². The lowest BCUT2D eigenvalue weighted by Crippen LogP contribution is -1.96. The Labute approximate surface area is 94.4 Å². The number of aromatic amines is 1. The molecule has 4 nitrogen and oxygen atoms in total. The Morgan fingerprint density at radius 1 is 1.25 bits per heavy atom. The molecule has 0 bridgehead atoms. The number of nitrogens with zero attached hydrogens (tertiary/aromatic N) is 1. The fourth-order valence-electron chi connectivity index (χ4n) is 1.88. The molecule has 0 amide bonds. The summed E-state index contributed by atoms with van der Waals surface area (Å²) in [7, 11) is 1.67. The molecule has 0 saturated carbocycles. The number of rotatable bonds is 2. The smallest absolute Gasteiger partial charge is 0.130 e. The number of hydrogen-bond donors (Lipinski definition) is 2. The summed E-state index contributed by atoms with van der Waals surface area (Å²) < 4.78 is 5.44. The van der Waals surface area contributed by atoms with Crippen LogP contribution >= 0.6 is 0 Å². The van der Waals surface area contributed by atoms with Gasteiger partial charge >= 0.3 is 0 Å². The van der Waals surface area contributed by atoms with E-state index in [1.54, 1.807) is 13.3 Å². The van der Waals surface area contributed by atoms with Crippen LogP contribution in [0.1, 0.15) is 11.1 Å². The molecule has 0 saturated heterocycles. The van der Waals surface area contributed by atoms with Gasteiger partial charge in [0.15, 0.2) is 0 Å². The number of H-pyrrole nitrogens is 1. The summed E-state index contributed by atoms with van der Waals surface area (Å²) in [4.78, 5) is 0. The molecule has 2 aromatic rings. The number of aromatic nitrogens is 2. The Hall–Kier alpha value is -1.97. The minimum atomic E-state index is 0.562. The molecule has 1 aromatic carbocycles. The lowest BCUT2D eigenvalue weighted by atomic mass is 9.98. The number of hydrogen-bond acceptors (Lipinski definition) is 3. The third-order valence-electron chi connectivity index (χ3n) is 2.71. The van der Waals surface area contributed by atoms with Gasteiger partial charge in [-0.2, -0.15) is 5.10 Å². The maximum Gasteiger partial charge on any atom is 0.130 e. The maximum absolute atomic E-state index is 5.84. The lowest BCUT2D eigenvalue weighted by Gasteiger charge is -2.13. The van der Waals surface area contributed by atoms with Crippen LogP contribution in [0.4, 0.5) is 5.82 Å². The maximum atomic E-state index is 5.84. The quantitative estimate of drug-likeness (QED) is 0.811. The van der Waals surface area contributed by atoms with Gasteiger partial charge in [0.2, 0.25) is 0 Å². The predicted molar refractivity (Wildman–Crippen MR) is 64.5 cm³/mol. The summed E-state index contributed by atoms with van der Waals surface area (Å²) in [5, 5.41) is 6.68. The van der Waals surface area contributed by atoms with Crippen molar-refractivity contribution < 1.29 is 4.74 Å². The number of methoxy groups -OCH3 is 1. The van der Waals surface area contributed by atoms with Crippen molar-refractivity contribution in [1.82, 2.24) is 10.2 Å². The van der Waals surface area contributed by atoms with Crippen LogP contribution in [0.15, 0.2) is 18.3 Å². The molecular weight excluding hydrogens is 202 g/mol. The second kappa shape index (κ2) is 3.89. The molecule has 0 spiro atoms. The minimum Gasteiger partial charge on any atom is -0.496 e. The molecule has 84 valence electrons. The first-order valence-corrected chi connectivity index (χ1v) is 5.08. The number of aryl methyl sites for hydroxylation is 2. The Balaban J connectivity index is 2.73. The molecule has 0 unspecified atom stereocenters. The molecule has 0 aliphatic heterocycles. The van der Waals surface area contributed by atoms with Crippen molar-refractivity contribution >= 4 is 5.82 Å². The number of nitrogen functional groups attached to an aromatic ring is 1. The van der Waals surface area contributed by atoms with Gasteiger partial charge in [0, 0.05) is 11.1 Å². The molecule has 16 heavy (non-hydrogen) atoms. The summed E-state index contributed by atoms with van der Waals surface area (Å²) in [6.07, 6.45) is 1.72. The zero-order valence-electron chi connectivity index (χ0n) is 9.66. The van der Waals surface area contributed by atoms with E-state index in [-0.39, 0.29) is 0 Å². The van der Waals surface area contributed by atoms with Crippen LogP contribution in [0.5, 0.6) is 5.75 Å². The zero-order chi connectivity index (χ0) is 11.7. The molecule has 0 radical (unpaired) electrons.